The lowest BCUT2D eigenvalue weighted by Crippen LogP contribution is -2.38. The number of rotatable bonds is 6. The minimum absolute atomic E-state index is 0. The fraction of sp³-hybridized carbons (Fsp3) is 0.400. The second-order valence-corrected chi connectivity index (χ2v) is 5.16. The van der Waals surface area contributed by atoms with E-state index in [2.05, 4.69) is 25.8 Å². The topological polar surface area (TPSA) is 75.3 Å². The van der Waals surface area contributed by atoms with E-state index in [0.29, 0.717) is 18.3 Å². The molecular weight excluding hydrogens is 429 g/mol. The van der Waals surface area contributed by atoms with Gasteiger partial charge in [0.15, 0.2) is 11.8 Å². The Morgan fingerprint density at radius 1 is 1.26 bits per heavy atom. The molecule has 1 heterocycles. The monoisotopic (exact) mass is 449 g/mol. The summed E-state index contributed by atoms with van der Waals surface area (Å²) in [5.41, 5.74) is 1.22. The third kappa shape index (κ3) is 7.17. The van der Waals surface area contributed by atoms with Gasteiger partial charge in [-0.05, 0) is 31.0 Å². The fourth-order valence-electron chi connectivity index (χ4n) is 1.87. The summed E-state index contributed by atoms with van der Waals surface area (Å²) in [4.78, 5) is 8.56. The van der Waals surface area contributed by atoms with Crippen LogP contribution in [-0.4, -0.2) is 29.2 Å². The minimum atomic E-state index is 0. The van der Waals surface area contributed by atoms with Gasteiger partial charge in [0.2, 0.25) is 5.89 Å². The molecule has 2 N–H and O–H groups in total. The Morgan fingerprint density at radius 3 is 2.61 bits per heavy atom. The zero-order valence-corrected chi connectivity index (χ0v) is 16.3. The molecule has 0 saturated heterocycles. The molecule has 2 rings (SSSR count). The Hall–Kier alpha value is -1.35. The van der Waals surface area contributed by atoms with E-state index in [0.717, 1.165) is 30.5 Å². The normalized spacial score (nSPS) is 11.0. The van der Waals surface area contributed by atoms with Crippen LogP contribution in [0.3, 0.4) is 0 Å². The van der Waals surface area contributed by atoms with Crippen molar-refractivity contribution in [2.75, 3.05) is 13.1 Å². The highest BCUT2D eigenvalue weighted by Crippen LogP contribution is 2.09. The van der Waals surface area contributed by atoms with Crippen molar-refractivity contribution in [2.24, 2.45) is 4.99 Å². The van der Waals surface area contributed by atoms with Crippen molar-refractivity contribution in [2.45, 2.75) is 26.8 Å². The van der Waals surface area contributed by atoms with Crippen molar-refractivity contribution in [3.05, 3.63) is 46.6 Å². The molecule has 0 aliphatic carbocycles. The van der Waals surface area contributed by atoms with Crippen LogP contribution >= 0.6 is 35.6 Å². The van der Waals surface area contributed by atoms with Gasteiger partial charge in [-0.25, -0.2) is 4.99 Å². The Morgan fingerprint density at radius 2 is 2.00 bits per heavy atom. The molecule has 0 unspecified atom stereocenters. The van der Waals surface area contributed by atoms with E-state index in [9.17, 15) is 0 Å². The number of halogens is 2. The van der Waals surface area contributed by atoms with E-state index in [1.165, 1.54) is 5.56 Å². The zero-order valence-electron chi connectivity index (χ0n) is 13.2. The summed E-state index contributed by atoms with van der Waals surface area (Å²) in [7, 11) is 0. The predicted octanol–water partition coefficient (Wildman–Crippen LogP) is 2.95. The number of benzene rings is 1. The molecule has 126 valence electrons. The number of aryl methyl sites for hydroxylation is 1. The summed E-state index contributed by atoms with van der Waals surface area (Å²) < 4.78 is 4.92. The maximum Gasteiger partial charge on any atom is 0.223 e. The third-order valence-electron chi connectivity index (χ3n) is 2.91. The largest absolute Gasteiger partial charge is 0.357 e. The molecule has 6 nitrogen and oxygen atoms in total. The molecular formula is C15H21ClIN5O. The van der Waals surface area contributed by atoms with Crippen molar-refractivity contribution in [1.82, 2.24) is 20.8 Å². The van der Waals surface area contributed by atoms with Gasteiger partial charge in [-0.2, -0.15) is 4.98 Å². The van der Waals surface area contributed by atoms with Gasteiger partial charge in [-0.15, -0.1) is 24.0 Å². The summed E-state index contributed by atoms with van der Waals surface area (Å²) in [6.07, 6.45) is 0.892. The van der Waals surface area contributed by atoms with Gasteiger partial charge in [0.25, 0.3) is 0 Å². The average Bonchev–Trinajstić information content (AvgIpc) is 2.92. The van der Waals surface area contributed by atoms with Crippen LogP contribution in [0.25, 0.3) is 0 Å². The molecule has 1 aromatic heterocycles. The second-order valence-electron chi connectivity index (χ2n) is 4.73. The Balaban J connectivity index is 0.00000264. The Kier molecular flexibility index (Phi) is 8.93. The maximum absolute atomic E-state index is 5.87. The first kappa shape index (κ1) is 19.7. The Labute approximate surface area is 158 Å². The molecule has 0 spiro atoms. The fourth-order valence-corrected chi connectivity index (χ4v) is 2.00. The Bertz CT molecular complexity index is 615. The molecule has 0 atom stereocenters. The lowest BCUT2D eigenvalue weighted by atomic mass is 10.1. The number of aliphatic imine (C=N–C) groups is 1. The highest BCUT2D eigenvalue weighted by Gasteiger charge is 2.02. The van der Waals surface area contributed by atoms with Crippen LogP contribution < -0.4 is 10.6 Å². The molecule has 0 saturated carbocycles. The molecule has 0 aliphatic rings. The molecule has 0 radical (unpaired) electrons. The van der Waals surface area contributed by atoms with Gasteiger partial charge < -0.3 is 15.2 Å². The zero-order chi connectivity index (χ0) is 15.8. The van der Waals surface area contributed by atoms with Crippen LogP contribution in [0, 0.1) is 6.92 Å². The van der Waals surface area contributed by atoms with E-state index < -0.39 is 0 Å². The molecule has 0 fully saturated rings. The number of hydrogen-bond donors (Lipinski definition) is 2. The van der Waals surface area contributed by atoms with Crippen LogP contribution in [0.5, 0.6) is 0 Å². The number of nitrogens with one attached hydrogen (secondary N) is 2. The molecule has 0 bridgehead atoms. The first-order valence-electron chi connectivity index (χ1n) is 7.23. The third-order valence-corrected chi connectivity index (χ3v) is 3.16. The average molecular weight is 450 g/mol. The van der Waals surface area contributed by atoms with Gasteiger partial charge in [0.05, 0.1) is 0 Å². The van der Waals surface area contributed by atoms with E-state index in [1.54, 1.807) is 6.92 Å². The summed E-state index contributed by atoms with van der Waals surface area (Å²) in [6.45, 7) is 5.73. The molecule has 1 aromatic carbocycles. The van der Waals surface area contributed by atoms with Crippen molar-refractivity contribution < 1.29 is 4.52 Å². The first-order chi connectivity index (χ1) is 10.7. The van der Waals surface area contributed by atoms with Crippen LogP contribution in [0.4, 0.5) is 0 Å². The van der Waals surface area contributed by atoms with E-state index in [4.69, 9.17) is 16.1 Å². The molecule has 0 aliphatic heterocycles. The molecule has 8 heteroatoms. The van der Waals surface area contributed by atoms with Crippen LogP contribution in [0.1, 0.15) is 24.2 Å². The quantitative estimate of drug-likeness (QED) is 0.403. The van der Waals surface area contributed by atoms with E-state index in [1.807, 2.05) is 31.2 Å². The van der Waals surface area contributed by atoms with Gasteiger partial charge in [0, 0.05) is 25.0 Å². The number of guanidine groups is 1. The van der Waals surface area contributed by atoms with Gasteiger partial charge in [-0.3, -0.25) is 0 Å². The lowest BCUT2D eigenvalue weighted by molar-refractivity contribution is 0.387. The number of hydrogen-bond acceptors (Lipinski definition) is 4. The summed E-state index contributed by atoms with van der Waals surface area (Å²) in [6, 6.07) is 7.84. The highest BCUT2D eigenvalue weighted by atomic mass is 127. The van der Waals surface area contributed by atoms with Crippen LogP contribution in [-0.2, 0) is 13.0 Å². The standard InChI is InChI=1S/C15H20ClN5O.HI/c1-3-17-15(19-10-14-20-11(2)22-21-14)18-9-8-12-4-6-13(16)7-5-12;/h4-7H,3,8-10H2,1-2H3,(H2,17,18,19);1H. The minimum Gasteiger partial charge on any atom is -0.357 e. The van der Waals surface area contributed by atoms with Crippen molar-refractivity contribution in [3.63, 3.8) is 0 Å². The van der Waals surface area contributed by atoms with Gasteiger partial charge in [0.1, 0.15) is 6.54 Å². The van der Waals surface area contributed by atoms with E-state index in [-0.39, 0.29) is 24.0 Å². The van der Waals surface area contributed by atoms with Crippen molar-refractivity contribution in [1.29, 1.82) is 0 Å². The molecule has 0 amide bonds. The van der Waals surface area contributed by atoms with Crippen LogP contribution in [0.2, 0.25) is 5.02 Å². The second kappa shape index (κ2) is 10.4. The van der Waals surface area contributed by atoms with Crippen molar-refractivity contribution in [3.8, 4) is 0 Å². The molecule has 23 heavy (non-hydrogen) atoms. The van der Waals surface area contributed by atoms with Crippen LogP contribution in [0.15, 0.2) is 33.8 Å². The number of nitrogens with zero attached hydrogens (tertiary/aromatic N) is 3. The lowest BCUT2D eigenvalue weighted by Gasteiger charge is -2.10. The predicted molar refractivity (Wildman–Crippen MR) is 102 cm³/mol. The maximum atomic E-state index is 5.87. The number of aromatic nitrogens is 2. The van der Waals surface area contributed by atoms with Gasteiger partial charge in [-0.1, -0.05) is 28.9 Å². The summed E-state index contributed by atoms with van der Waals surface area (Å²) in [5.74, 6) is 1.86. The summed E-state index contributed by atoms with van der Waals surface area (Å²) in [5, 5.41) is 11.0. The highest BCUT2D eigenvalue weighted by molar-refractivity contribution is 14.0. The molecule has 2 aromatic rings. The SMILES string of the molecule is CCNC(=NCc1noc(C)n1)NCCc1ccc(Cl)cc1.I. The first-order valence-corrected chi connectivity index (χ1v) is 7.61. The smallest absolute Gasteiger partial charge is 0.223 e. The van der Waals surface area contributed by atoms with Gasteiger partial charge >= 0.3 is 0 Å². The van der Waals surface area contributed by atoms with Crippen molar-refractivity contribution >= 4 is 41.5 Å². The summed E-state index contributed by atoms with van der Waals surface area (Å²) >= 11 is 5.87. The van der Waals surface area contributed by atoms with E-state index >= 15 is 0 Å².